The van der Waals surface area contributed by atoms with Gasteiger partial charge in [0, 0.05) is 12.4 Å². The highest BCUT2D eigenvalue weighted by Crippen LogP contribution is 2.13. The van der Waals surface area contributed by atoms with Crippen LogP contribution in [0.1, 0.15) is 0 Å². The molecule has 1 N–H and O–H groups in total. The smallest absolute Gasteiger partial charge is 0.305 e. The van der Waals surface area contributed by atoms with Crippen LogP contribution in [0.4, 0.5) is 0 Å². The van der Waals surface area contributed by atoms with E-state index in [0.717, 1.165) is 15.5 Å². The molecular formula is C11H7BrN4O. The summed E-state index contributed by atoms with van der Waals surface area (Å²) < 4.78 is 2.22. The van der Waals surface area contributed by atoms with Crippen LogP contribution in [0.15, 0.2) is 45.9 Å². The number of aromatic nitrogens is 4. The molecule has 3 rings (SSSR count). The Morgan fingerprint density at radius 3 is 2.65 bits per heavy atom. The Labute approximate surface area is 104 Å². The number of halogens is 1. The molecule has 1 aromatic carbocycles. The van der Waals surface area contributed by atoms with E-state index in [-0.39, 0.29) is 5.69 Å². The van der Waals surface area contributed by atoms with E-state index in [1.807, 2.05) is 24.3 Å². The normalized spacial score (nSPS) is 10.9. The third-order valence-corrected chi connectivity index (χ3v) is 2.81. The van der Waals surface area contributed by atoms with Gasteiger partial charge in [-0.05, 0) is 28.1 Å². The Balaban J connectivity index is 2.33. The number of aromatic amines is 1. The summed E-state index contributed by atoms with van der Waals surface area (Å²) in [6.45, 7) is 0. The summed E-state index contributed by atoms with van der Waals surface area (Å²) in [6, 6.07) is 7.42. The largest absolute Gasteiger partial charge is 0.333 e. The quantitative estimate of drug-likeness (QED) is 0.744. The molecule has 0 radical (unpaired) electrons. The number of rotatable bonds is 1. The first-order valence-corrected chi connectivity index (χ1v) is 5.73. The van der Waals surface area contributed by atoms with Crippen LogP contribution >= 0.6 is 15.9 Å². The van der Waals surface area contributed by atoms with Crippen molar-refractivity contribution in [2.45, 2.75) is 0 Å². The first kappa shape index (κ1) is 10.2. The van der Waals surface area contributed by atoms with Gasteiger partial charge in [-0.2, -0.15) is 0 Å². The van der Waals surface area contributed by atoms with Crippen molar-refractivity contribution in [2.75, 3.05) is 0 Å². The van der Waals surface area contributed by atoms with E-state index in [1.165, 1.54) is 4.57 Å². The van der Waals surface area contributed by atoms with Gasteiger partial charge >= 0.3 is 5.69 Å². The molecule has 0 saturated carbocycles. The number of hydrogen-bond donors (Lipinski definition) is 1. The average Bonchev–Trinajstić information content (AvgIpc) is 2.66. The van der Waals surface area contributed by atoms with Gasteiger partial charge in [0.15, 0.2) is 0 Å². The van der Waals surface area contributed by atoms with Crippen LogP contribution < -0.4 is 5.69 Å². The van der Waals surface area contributed by atoms with Crippen LogP contribution in [-0.4, -0.2) is 19.5 Å². The minimum Gasteiger partial charge on any atom is -0.305 e. The highest BCUT2D eigenvalue weighted by atomic mass is 79.9. The number of imidazole rings is 1. The summed E-state index contributed by atoms with van der Waals surface area (Å²) in [5, 5.41) is 0. The molecule has 0 atom stereocenters. The lowest BCUT2D eigenvalue weighted by Crippen LogP contribution is -2.16. The van der Waals surface area contributed by atoms with Crippen molar-refractivity contribution >= 4 is 27.0 Å². The second kappa shape index (κ2) is 3.81. The van der Waals surface area contributed by atoms with Crippen LogP contribution in [0.2, 0.25) is 0 Å². The van der Waals surface area contributed by atoms with Crippen molar-refractivity contribution in [3.63, 3.8) is 0 Å². The number of benzene rings is 1. The van der Waals surface area contributed by atoms with Crippen LogP contribution in [0.5, 0.6) is 0 Å². The average molecular weight is 291 g/mol. The predicted octanol–water partition coefficient (Wildman–Crippen LogP) is 1.87. The third kappa shape index (κ3) is 1.66. The molecule has 2 aromatic heterocycles. The van der Waals surface area contributed by atoms with Crippen molar-refractivity contribution < 1.29 is 0 Å². The Hall–Kier alpha value is -1.95. The lowest BCUT2D eigenvalue weighted by atomic mass is 10.3. The van der Waals surface area contributed by atoms with Crippen molar-refractivity contribution in [2.24, 2.45) is 0 Å². The molecule has 0 aliphatic heterocycles. The van der Waals surface area contributed by atoms with E-state index < -0.39 is 0 Å². The fourth-order valence-electron chi connectivity index (χ4n) is 1.67. The zero-order valence-corrected chi connectivity index (χ0v) is 10.2. The predicted molar refractivity (Wildman–Crippen MR) is 67.2 cm³/mol. The van der Waals surface area contributed by atoms with E-state index in [4.69, 9.17) is 0 Å². The van der Waals surface area contributed by atoms with Gasteiger partial charge < -0.3 is 4.98 Å². The topological polar surface area (TPSA) is 63.6 Å². The maximum Gasteiger partial charge on any atom is 0.333 e. The monoisotopic (exact) mass is 290 g/mol. The summed E-state index contributed by atoms with van der Waals surface area (Å²) in [5.74, 6) is 0.357. The summed E-state index contributed by atoms with van der Waals surface area (Å²) in [5.41, 5.74) is 1.29. The SMILES string of the molecule is O=c1[nH]c2ccccc2n1-c1ncc(Br)cn1. The highest BCUT2D eigenvalue weighted by molar-refractivity contribution is 9.10. The number of para-hydroxylation sites is 2. The maximum absolute atomic E-state index is 11.8. The lowest BCUT2D eigenvalue weighted by molar-refractivity contribution is 0.905. The summed E-state index contributed by atoms with van der Waals surface area (Å²) in [4.78, 5) is 22.8. The molecule has 3 aromatic rings. The third-order valence-electron chi connectivity index (χ3n) is 2.40. The fraction of sp³-hybridized carbons (Fsp3) is 0. The van der Waals surface area contributed by atoms with E-state index in [2.05, 4.69) is 30.9 Å². The number of hydrogen-bond acceptors (Lipinski definition) is 3. The zero-order valence-electron chi connectivity index (χ0n) is 8.59. The first-order valence-electron chi connectivity index (χ1n) is 4.93. The van der Waals surface area contributed by atoms with Gasteiger partial charge in [-0.3, -0.25) is 0 Å². The molecule has 0 aliphatic carbocycles. The Morgan fingerprint density at radius 2 is 1.88 bits per heavy atom. The minimum atomic E-state index is -0.242. The van der Waals surface area contributed by atoms with E-state index in [9.17, 15) is 4.79 Å². The van der Waals surface area contributed by atoms with Gasteiger partial charge in [0.1, 0.15) is 0 Å². The first-order chi connectivity index (χ1) is 8.25. The van der Waals surface area contributed by atoms with Crippen LogP contribution in [0.3, 0.4) is 0 Å². The van der Waals surface area contributed by atoms with E-state index in [1.54, 1.807) is 12.4 Å². The second-order valence-electron chi connectivity index (χ2n) is 3.48. The van der Waals surface area contributed by atoms with Crippen molar-refractivity contribution in [1.29, 1.82) is 0 Å². The molecule has 0 amide bonds. The molecule has 84 valence electrons. The molecule has 2 heterocycles. The second-order valence-corrected chi connectivity index (χ2v) is 4.40. The van der Waals surface area contributed by atoms with Crippen LogP contribution in [-0.2, 0) is 0 Å². The number of fused-ring (bicyclic) bond motifs is 1. The van der Waals surface area contributed by atoms with Gasteiger partial charge in [-0.1, -0.05) is 12.1 Å². The summed E-state index contributed by atoms with van der Waals surface area (Å²) in [6.07, 6.45) is 3.22. The molecule has 5 nitrogen and oxygen atoms in total. The van der Waals surface area contributed by atoms with Gasteiger partial charge in [-0.25, -0.2) is 19.3 Å². The Kier molecular flexibility index (Phi) is 2.29. The molecular weight excluding hydrogens is 284 g/mol. The van der Waals surface area contributed by atoms with Crippen molar-refractivity contribution in [3.05, 3.63) is 51.6 Å². The molecule has 0 fully saturated rings. The summed E-state index contributed by atoms with van der Waals surface area (Å²) in [7, 11) is 0. The van der Waals surface area contributed by atoms with Crippen molar-refractivity contribution in [1.82, 2.24) is 19.5 Å². The standard InChI is InChI=1S/C11H7BrN4O/c12-7-5-13-10(14-6-7)16-9-4-2-1-3-8(9)15-11(16)17/h1-6H,(H,15,17). The molecule has 0 unspecified atom stereocenters. The minimum absolute atomic E-state index is 0.242. The zero-order chi connectivity index (χ0) is 11.8. The van der Waals surface area contributed by atoms with Crippen LogP contribution in [0, 0.1) is 0 Å². The lowest BCUT2D eigenvalue weighted by Gasteiger charge is -2.00. The fourth-order valence-corrected chi connectivity index (χ4v) is 1.88. The van der Waals surface area contributed by atoms with E-state index >= 15 is 0 Å². The molecule has 0 aliphatic rings. The van der Waals surface area contributed by atoms with Gasteiger partial charge in [-0.15, -0.1) is 0 Å². The number of nitrogens with zero attached hydrogens (tertiary/aromatic N) is 3. The van der Waals surface area contributed by atoms with Crippen LogP contribution in [0.25, 0.3) is 17.0 Å². The Morgan fingerprint density at radius 1 is 1.18 bits per heavy atom. The van der Waals surface area contributed by atoms with Gasteiger partial charge in [0.2, 0.25) is 5.95 Å². The van der Waals surface area contributed by atoms with Gasteiger partial charge in [0.05, 0.1) is 15.5 Å². The van der Waals surface area contributed by atoms with E-state index in [0.29, 0.717) is 5.95 Å². The Bertz CT molecular complexity index is 729. The summed E-state index contributed by atoms with van der Waals surface area (Å²) >= 11 is 3.26. The van der Waals surface area contributed by atoms with Crippen molar-refractivity contribution in [3.8, 4) is 5.95 Å². The number of H-pyrrole nitrogens is 1. The molecule has 0 bridgehead atoms. The molecule has 0 saturated heterocycles. The molecule has 6 heteroatoms. The highest BCUT2D eigenvalue weighted by Gasteiger charge is 2.09. The molecule has 0 spiro atoms. The number of nitrogens with one attached hydrogen (secondary N) is 1. The molecule has 17 heavy (non-hydrogen) atoms. The van der Waals surface area contributed by atoms with Gasteiger partial charge in [0.25, 0.3) is 0 Å². The maximum atomic E-state index is 11.8.